The van der Waals surface area contributed by atoms with Crippen LogP contribution < -0.4 is 4.74 Å². The van der Waals surface area contributed by atoms with Gasteiger partial charge in [-0.05, 0) is 18.2 Å². The normalized spacial score (nSPS) is 11.8. The first-order chi connectivity index (χ1) is 6.19. The van der Waals surface area contributed by atoms with Gasteiger partial charge < -0.3 is 4.74 Å². The third-order valence-electron chi connectivity index (χ3n) is 1.58. The van der Waals surface area contributed by atoms with Crippen LogP contribution in [0.15, 0.2) is 18.2 Å². The second kappa shape index (κ2) is 4.11. The molecule has 1 unspecified atom stereocenters. The van der Waals surface area contributed by atoms with Crippen LogP contribution in [-0.2, 0) is 0 Å². The topological polar surface area (TPSA) is 33.0 Å². The lowest BCUT2D eigenvalue weighted by Crippen LogP contribution is -1.94. The van der Waals surface area contributed by atoms with Crippen molar-refractivity contribution in [1.82, 2.24) is 0 Å². The first-order valence-corrected chi connectivity index (χ1v) is 3.99. The SMILES string of the molecule is COc1ccc(F)cc1C(Cl)C#N. The third-order valence-corrected chi connectivity index (χ3v) is 1.91. The molecular weight excluding hydrogens is 193 g/mol. The number of halogens is 2. The predicted octanol–water partition coefficient (Wildman–Crippen LogP) is 2.64. The number of methoxy groups -OCH3 is 1. The Labute approximate surface area is 80.5 Å². The highest BCUT2D eigenvalue weighted by Gasteiger charge is 2.13. The Balaban J connectivity index is 3.17. The molecule has 1 atom stereocenters. The number of nitriles is 1. The largest absolute Gasteiger partial charge is 0.496 e. The van der Waals surface area contributed by atoms with Crippen LogP contribution in [0.3, 0.4) is 0 Å². The fourth-order valence-electron chi connectivity index (χ4n) is 0.973. The summed E-state index contributed by atoms with van der Waals surface area (Å²) in [4.78, 5) is 0. The molecule has 0 aliphatic heterocycles. The number of rotatable bonds is 2. The molecule has 0 N–H and O–H groups in total. The molecule has 0 spiro atoms. The van der Waals surface area contributed by atoms with Crippen molar-refractivity contribution in [2.45, 2.75) is 5.38 Å². The molecule has 1 aromatic rings. The molecule has 0 bridgehead atoms. The first kappa shape index (κ1) is 9.82. The second-order valence-electron chi connectivity index (χ2n) is 2.38. The Hall–Kier alpha value is -1.27. The van der Waals surface area contributed by atoms with E-state index in [-0.39, 0.29) is 0 Å². The summed E-state index contributed by atoms with van der Waals surface area (Å²) in [5.41, 5.74) is 0.353. The van der Waals surface area contributed by atoms with E-state index in [0.717, 1.165) is 0 Å². The van der Waals surface area contributed by atoms with Crippen LogP contribution >= 0.6 is 11.6 Å². The van der Waals surface area contributed by atoms with Gasteiger partial charge in [-0.15, -0.1) is 11.6 Å². The van der Waals surface area contributed by atoms with E-state index in [0.29, 0.717) is 11.3 Å². The fourth-order valence-corrected chi connectivity index (χ4v) is 1.14. The van der Waals surface area contributed by atoms with E-state index in [1.165, 1.54) is 25.3 Å². The number of benzene rings is 1. The number of hydrogen-bond donors (Lipinski definition) is 0. The predicted molar refractivity (Wildman–Crippen MR) is 47.2 cm³/mol. The molecule has 0 heterocycles. The van der Waals surface area contributed by atoms with E-state index < -0.39 is 11.2 Å². The van der Waals surface area contributed by atoms with E-state index in [2.05, 4.69) is 0 Å². The standard InChI is InChI=1S/C9H7ClFNO/c1-13-9-3-2-6(11)4-7(9)8(10)5-12/h2-4,8H,1H3. The monoisotopic (exact) mass is 199 g/mol. The van der Waals surface area contributed by atoms with Crippen molar-refractivity contribution in [3.8, 4) is 11.8 Å². The average molecular weight is 200 g/mol. The summed E-state index contributed by atoms with van der Waals surface area (Å²) in [6.45, 7) is 0. The van der Waals surface area contributed by atoms with Crippen LogP contribution in [0.2, 0.25) is 0 Å². The Morgan fingerprint density at radius 2 is 2.31 bits per heavy atom. The van der Waals surface area contributed by atoms with Crippen molar-refractivity contribution < 1.29 is 9.13 Å². The summed E-state index contributed by atoms with van der Waals surface area (Å²) in [7, 11) is 1.44. The number of nitrogens with zero attached hydrogens (tertiary/aromatic N) is 1. The van der Waals surface area contributed by atoms with E-state index in [1.54, 1.807) is 6.07 Å². The van der Waals surface area contributed by atoms with E-state index in [9.17, 15) is 4.39 Å². The molecule has 4 heteroatoms. The summed E-state index contributed by atoms with van der Waals surface area (Å²) in [5, 5.41) is 7.66. The zero-order valence-electron chi connectivity index (χ0n) is 6.92. The Bertz CT molecular complexity index is 348. The van der Waals surface area contributed by atoms with Gasteiger partial charge in [0, 0.05) is 5.56 Å². The Morgan fingerprint density at radius 1 is 1.62 bits per heavy atom. The Morgan fingerprint density at radius 3 is 2.85 bits per heavy atom. The van der Waals surface area contributed by atoms with Gasteiger partial charge >= 0.3 is 0 Å². The highest BCUT2D eigenvalue weighted by atomic mass is 35.5. The fraction of sp³-hybridized carbons (Fsp3) is 0.222. The second-order valence-corrected chi connectivity index (χ2v) is 2.81. The lowest BCUT2D eigenvalue weighted by molar-refractivity contribution is 0.409. The lowest BCUT2D eigenvalue weighted by atomic mass is 10.1. The van der Waals surface area contributed by atoms with Crippen molar-refractivity contribution in [3.63, 3.8) is 0 Å². The summed E-state index contributed by atoms with van der Waals surface area (Å²) >= 11 is 5.64. The average Bonchev–Trinajstić information content (AvgIpc) is 2.16. The zero-order valence-corrected chi connectivity index (χ0v) is 7.68. The summed E-state index contributed by atoms with van der Waals surface area (Å²) < 4.78 is 17.7. The summed E-state index contributed by atoms with van der Waals surface area (Å²) in [6, 6.07) is 5.69. The van der Waals surface area contributed by atoms with Crippen LogP contribution in [-0.4, -0.2) is 7.11 Å². The molecular formula is C9H7ClFNO. The number of alkyl halides is 1. The van der Waals surface area contributed by atoms with Gasteiger partial charge in [0.2, 0.25) is 0 Å². The van der Waals surface area contributed by atoms with E-state index in [1.807, 2.05) is 0 Å². The van der Waals surface area contributed by atoms with Crippen LogP contribution in [0.25, 0.3) is 0 Å². The maximum absolute atomic E-state index is 12.8. The minimum atomic E-state index is -0.884. The molecule has 0 radical (unpaired) electrons. The molecule has 0 aliphatic rings. The van der Waals surface area contributed by atoms with Gasteiger partial charge in [-0.3, -0.25) is 0 Å². The van der Waals surface area contributed by atoms with Gasteiger partial charge in [-0.1, -0.05) is 0 Å². The molecule has 0 amide bonds. The molecule has 13 heavy (non-hydrogen) atoms. The van der Waals surface area contributed by atoms with Crippen molar-refractivity contribution >= 4 is 11.6 Å². The van der Waals surface area contributed by atoms with E-state index >= 15 is 0 Å². The number of ether oxygens (including phenoxy) is 1. The van der Waals surface area contributed by atoms with Gasteiger partial charge in [0.25, 0.3) is 0 Å². The van der Waals surface area contributed by atoms with Gasteiger partial charge in [-0.25, -0.2) is 4.39 Å². The minimum absolute atomic E-state index is 0.353. The molecule has 0 saturated carbocycles. The van der Waals surface area contributed by atoms with Crippen LogP contribution in [0.1, 0.15) is 10.9 Å². The zero-order chi connectivity index (χ0) is 9.84. The van der Waals surface area contributed by atoms with E-state index in [4.69, 9.17) is 21.6 Å². The molecule has 0 aliphatic carbocycles. The van der Waals surface area contributed by atoms with Crippen molar-refractivity contribution in [3.05, 3.63) is 29.6 Å². The maximum atomic E-state index is 12.8. The molecule has 1 rings (SSSR count). The van der Waals surface area contributed by atoms with Gasteiger partial charge in [0.15, 0.2) is 0 Å². The van der Waals surface area contributed by atoms with Crippen LogP contribution in [0.5, 0.6) is 5.75 Å². The van der Waals surface area contributed by atoms with Crippen LogP contribution in [0, 0.1) is 17.1 Å². The smallest absolute Gasteiger partial charge is 0.149 e. The lowest BCUT2D eigenvalue weighted by Gasteiger charge is -2.07. The molecule has 0 fully saturated rings. The maximum Gasteiger partial charge on any atom is 0.149 e. The summed E-state index contributed by atoms with van der Waals surface area (Å²) in [5.74, 6) is -0.0142. The van der Waals surface area contributed by atoms with Gasteiger partial charge in [0.05, 0.1) is 13.2 Å². The molecule has 68 valence electrons. The third kappa shape index (κ3) is 2.10. The van der Waals surface area contributed by atoms with Crippen molar-refractivity contribution in [2.75, 3.05) is 7.11 Å². The minimum Gasteiger partial charge on any atom is -0.496 e. The number of hydrogen-bond acceptors (Lipinski definition) is 2. The molecule has 2 nitrogen and oxygen atoms in total. The van der Waals surface area contributed by atoms with Gasteiger partial charge in [-0.2, -0.15) is 5.26 Å². The van der Waals surface area contributed by atoms with Crippen LogP contribution in [0.4, 0.5) is 4.39 Å². The molecule has 0 saturated heterocycles. The Kier molecular flexibility index (Phi) is 3.10. The summed E-state index contributed by atoms with van der Waals surface area (Å²) in [6.07, 6.45) is 0. The van der Waals surface area contributed by atoms with Crippen molar-refractivity contribution in [2.24, 2.45) is 0 Å². The van der Waals surface area contributed by atoms with Gasteiger partial charge in [0.1, 0.15) is 16.9 Å². The quantitative estimate of drug-likeness (QED) is 0.686. The van der Waals surface area contributed by atoms with Crippen molar-refractivity contribution in [1.29, 1.82) is 5.26 Å². The molecule has 0 aromatic heterocycles. The highest BCUT2D eigenvalue weighted by Crippen LogP contribution is 2.29. The first-order valence-electron chi connectivity index (χ1n) is 3.56. The molecule has 1 aromatic carbocycles. The highest BCUT2D eigenvalue weighted by molar-refractivity contribution is 6.22.